The molecule has 12 aromatic rings. The molecule has 0 unspecified atom stereocenters. The monoisotopic (exact) mass is 724 g/mol. The largest absolute Gasteiger partial charge is 0.456 e. The van der Waals surface area contributed by atoms with E-state index >= 15 is 0 Å². The Bertz CT molecular complexity index is 3660. The summed E-state index contributed by atoms with van der Waals surface area (Å²) in [6.07, 6.45) is 0. The molecule has 0 saturated heterocycles. The van der Waals surface area contributed by atoms with Gasteiger partial charge in [0.25, 0.3) is 0 Å². The number of rotatable bonds is 3. The SMILES string of the molecule is c1ccc(-n2c3ccccc3c3ccc(-c4ccc5c6c7cccc8c7c(cc6n(-c6cc7ccccc7c7ccccc67)c5c4)Oc4ccccc4-8)cc32)cc1. The summed E-state index contributed by atoms with van der Waals surface area (Å²) in [5, 5.41) is 12.2. The normalized spacial score (nSPS) is 12.4. The Labute approximate surface area is 327 Å². The van der Waals surface area contributed by atoms with Crippen molar-refractivity contribution in [2.75, 3.05) is 0 Å². The van der Waals surface area contributed by atoms with Crippen molar-refractivity contribution in [3.63, 3.8) is 0 Å². The van der Waals surface area contributed by atoms with Crippen LogP contribution >= 0.6 is 0 Å². The first-order valence-electron chi connectivity index (χ1n) is 19.6. The highest BCUT2D eigenvalue weighted by atomic mass is 16.5. The highest BCUT2D eigenvalue weighted by Crippen LogP contribution is 2.51. The zero-order chi connectivity index (χ0) is 37.2. The molecule has 1 aliphatic rings. The second kappa shape index (κ2) is 11.5. The Morgan fingerprint density at radius 2 is 0.947 bits per heavy atom. The number of nitrogens with zero attached hydrogens (tertiary/aromatic N) is 2. The summed E-state index contributed by atoms with van der Waals surface area (Å²) in [5.74, 6) is 1.78. The van der Waals surface area contributed by atoms with E-state index in [-0.39, 0.29) is 0 Å². The second-order valence-corrected chi connectivity index (χ2v) is 15.2. The third kappa shape index (κ3) is 4.26. The molecule has 10 aromatic carbocycles. The van der Waals surface area contributed by atoms with Crippen LogP contribution < -0.4 is 4.74 Å². The number of ether oxygens (including phenoxy) is 1. The molecule has 2 aromatic heterocycles. The number of fused-ring (bicyclic) bond motifs is 12. The summed E-state index contributed by atoms with van der Waals surface area (Å²) in [6, 6.07) is 70.8. The lowest BCUT2D eigenvalue weighted by Crippen LogP contribution is -1.99. The third-order valence-corrected chi connectivity index (χ3v) is 12.3. The fourth-order valence-electron chi connectivity index (χ4n) is 9.82. The van der Waals surface area contributed by atoms with Gasteiger partial charge < -0.3 is 13.9 Å². The van der Waals surface area contributed by atoms with Crippen LogP contribution in [0, 0.1) is 0 Å². The molecule has 0 spiro atoms. The molecule has 13 rings (SSSR count). The summed E-state index contributed by atoms with van der Waals surface area (Å²) < 4.78 is 11.7. The predicted octanol–water partition coefficient (Wildman–Crippen LogP) is 14.8. The van der Waals surface area contributed by atoms with E-state index in [0.29, 0.717) is 0 Å². The van der Waals surface area contributed by atoms with Crippen molar-refractivity contribution >= 4 is 75.9 Å². The first kappa shape index (κ1) is 30.7. The van der Waals surface area contributed by atoms with E-state index in [1.807, 2.05) is 0 Å². The highest BCUT2D eigenvalue weighted by Gasteiger charge is 2.25. The Balaban J connectivity index is 1.15. The summed E-state index contributed by atoms with van der Waals surface area (Å²) in [6.45, 7) is 0. The van der Waals surface area contributed by atoms with Gasteiger partial charge in [-0.25, -0.2) is 0 Å². The molecular formula is C54H32N2O. The number of hydrogen-bond donors (Lipinski definition) is 0. The van der Waals surface area contributed by atoms with Gasteiger partial charge >= 0.3 is 0 Å². The van der Waals surface area contributed by atoms with Gasteiger partial charge in [0.05, 0.1) is 27.8 Å². The molecule has 3 nitrogen and oxygen atoms in total. The number of aromatic nitrogens is 2. The first-order chi connectivity index (χ1) is 28.3. The molecule has 0 fully saturated rings. The maximum atomic E-state index is 6.79. The van der Waals surface area contributed by atoms with Gasteiger partial charge in [-0.2, -0.15) is 0 Å². The Kier molecular flexibility index (Phi) is 6.16. The molecule has 264 valence electrons. The van der Waals surface area contributed by atoms with Crippen molar-refractivity contribution in [2.24, 2.45) is 0 Å². The quantitative estimate of drug-likeness (QED) is 0.166. The van der Waals surface area contributed by atoms with Crippen LogP contribution in [-0.4, -0.2) is 9.13 Å². The lowest BCUT2D eigenvalue weighted by Gasteiger charge is -2.22. The molecule has 3 heterocycles. The van der Waals surface area contributed by atoms with E-state index in [2.05, 4.69) is 203 Å². The van der Waals surface area contributed by atoms with Crippen molar-refractivity contribution in [1.82, 2.24) is 9.13 Å². The predicted molar refractivity (Wildman–Crippen MR) is 239 cm³/mol. The molecule has 0 aliphatic carbocycles. The van der Waals surface area contributed by atoms with Gasteiger partial charge in [-0.15, -0.1) is 0 Å². The Hall–Kier alpha value is -7.62. The first-order valence-corrected chi connectivity index (χ1v) is 19.6. The summed E-state index contributed by atoms with van der Waals surface area (Å²) in [5.41, 5.74) is 11.7. The number of hydrogen-bond acceptors (Lipinski definition) is 1. The second-order valence-electron chi connectivity index (χ2n) is 15.2. The molecular weight excluding hydrogens is 693 g/mol. The standard InChI is InChI=1S/C54H32N2O/c1-2-14-36(15-3-1)55-46-23-10-8-19-40(46)41-27-25-33(29-47(41)55)34-26-28-44-49(30-34)56(48-31-35-13-4-5-16-37(35)38-17-6-7-18-39(38)48)50-32-52-54-43(21-12-22-45(54)53(44)50)42-20-9-11-24-51(42)57-52/h1-32H. The van der Waals surface area contributed by atoms with Gasteiger partial charge in [0.15, 0.2) is 0 Å². The van der Waals surface area contributed by atoms with E-state index in [1.54, 1.807) is 0 Å². The molecule has 0 radical (unpaired) electrons. The Morgan fingerprint density at radius 3 is 1.81 bits per heavy atom. The molecule has 0 amide bonds. The van der Waals surface area contributed by atoms with Crippen LogP contribution in [0.4, 0.5) is 0 Å². The summed E-state index contributed by atoms with van der Waals surface area (Å²) in [7, 11) is 0. The molecule has 0 saturated carbocycles. The van der Waals surface area contributed by atoms with E-state index in [0.717, 1.165) is 44.9 Å². The highest BCUT2D eigenvalue weighted by molar-refractivity contribution is 6.26. The molecule has 57 heavy (non-hydrogen) atoms. The van der Waals surface area contributed by atoms with Crippen molar-refractivity contribution in [3.05, 3.63) is 194 Å². The van der Waals surface area contributed by atoms with E-state index < -0.39 is 0 Å². The van der Waals surface area contributed by atoms with Crippen molar-refractivity contribution in [1.29, 1.82) is 0 Å². The number of para-hydroxylation sites is 3. The van der Waals surface area contributed by atoms with Crippen LogP contribution in [0.1, 0.15) is 0 Å². The van der Waals surface area contributed by atoms with Crippen LogP contribution in [0.2, 0.25) is 0 Å². The van der Waals surface area contributed by atoms with Crippen LogP contribution in [0.5, 0.6) is 11.5 Å². The zero-order valence-electron chi connectivity index (χ0n) is 30.8. The van der Waals surface area contributed by atoms with Crippen LogP contribution in [-0.2, 0) is 0 Å². The summed E-state index contributed by atoms with van der Waals surface area (Å²) >= 11 is 0. The third-order valence-electron chi connectivity index (χ3n) is 12.3. The van der Waals surface area contributed by atoms with Crippen LogP contribution in [0.25, 0.3) is 110 Å². The average Bonchev–Trinajstić information content (AvgIpc) is 3.78. The smallest absolute Gasteiger partial charge is 0.138 e. The minimum atomic E-state index is 0.889. The average molecular weight is 725 g/mol. The lowest BCUT2D eigenvalue weighted by atomic mass is 9.92. The maximum absolute atomic E-state index is 6.79. The van der Waals surface area contributed by atoms with Crippen LogP contribution in [0.3, 0.4) is 0 Å². The fraction of sp³-hybridized carbons (Fsp3) is 0. The number of benzene rings is 10. The lowest BCUT2D eigenvalue weighted by molar-refractivity contribution is 0.487. The van der Waals surface area contributed by atoms with Gasteiger partial charge in [-0.1, -0.05) is 146 Å². The van der Waals surface area contributed by atoms with Crippen molar-refractivity contribution in [3.8, 4) is 45.1 Å². The molecule has 0 bridgehead atoms. The minimum Gasteiger partial charge on any atom is -0.456 e. The molecule has 3 heteroatoms. The van der Waals surface area contributed by atoms with Crippen LogP contribution in [0.15, 0.2) is 194 Å². The molecule has 0 N–H and O–H groups in total. The van der Waals surface area contributed by atoms with Gasteiger partial charge in [0.2, 0.25) is 0 Å². The molecule has 1 aliphatic heterocycles. The van der Waals surface area contributed by atoms with E-state index in [4.69, 9.17) is 4.74 Å². The van der Waals surface area contributed by atoms with Crippen molar-refractivity contribution < 1.29 is 4.74 Å². The fourth-order valence-corrected chi connectivity index (χ4v) is 9.82. The zero-order valence-corrected chi connectivity index (χ0v) is 30.8. The maximum Gasteiger partial charge on any atom is 0.138 e. The van der Waals surface area contributed by atoms with Gasteiger partial charge in [0, 0.05) is 49.6 Å². The van der Waals surface area contributed by atoms with Gasteiger partial charge in [0.1, 0.15) is 11.5 Å². The van der Waals surface area contributed by atoms with E-state index in [9.17, 15) is 0 Å². The minimum absolute atomic E-state index is 0.889. The molecule has 0 atom stereocenters. The van der Waals surface area contributed by atoms with Gasteiger partial charge in [-0.3, -0.25) is 0 Å². The Morgan fingerprint density at radius 1 is 0.316 bits per heavy atom. The van der Waals surface area contributed by atoms with Crippen molar-refractivity contribution in [2.45, 2.75) is 0 Å². The van der Waals surface area contributed by atoms with E-state index in [1.165, 1.54) is 76.2 Å². The van der Waals surface area contributed by atoms with Gasteiger partial charge in [-0.05, 0) is 80.7 Å². The topological polar surface area (TPSA) is 19.1 Å². The summed E-state index contributed by atoms with van der Waals surface area (Å²) in [4.78, 5) is 0.